The second-order valence-electron chi connectivity index (χ2n) is 9.07. The molecule has 11 nitrogen and oxygen atoms in total. The third-order valence-electron chi connectivity index (χ3n) is 6.35. The van der Waals surface area contributed by atoms with Crippen molar-refractivity contribution in [1.29, 1.82) is 0 Å². The first-order valence-electron chi connectivity index (χ1n) is 10.6. The molecule has 0 atom stereocenters. The maximum absolute atomic E-state index is 12.7. The van der Waals surface area contributed by atoms with Crippen LogP contribution in [0.1, 0.15) is 49.9 Å². The molecule has 3 rings (SSSR count). The normalized spacial score (nSPS) is 11.7. The van der Waals surface area contributed by atoms with Gasteiger partial charge in [-0.15, -0.1) is 0 Å². The lowest BCUT2D eigenvalue weighted by atomic mass is 9.70. The van der Waals surface area contributed by atoms with Gasteiger partial charge in [0.15, 0.2) is 0 Å². The van der Waals surface area contributed by atoms with Gasteiger partial charge in [-0.05, 0) is 11.1 Å². The Hall–Kier alpha value is -4.38. The van der Waals surface area contributed by atoms with Gasteiger partial charge >= 0.3 is 11.4 Å². The number of nitrogen functional groups attached to an aromatic ring is 1. The van der Waals surface area contributed by atoms with Crippen LogP contribution in [-0.2, 0) is 10.8 Å². The highest BCUT2D eigenvalue weighted by atomic mass is 16.6. The minimum atomic E-state index is -1.30. The average molecular weight is 479 g/mol. The molecule has 0 unspecified atom stereocenters. The fraction of sp³-hybridized carbons (Fsp3) is 0.250. The Labute approximate surface area is 201 Å². The Kier molecular flexibility index (Phi) is 6.57. The zero-order valence-corrected chi connectivity index (χ0v) is 19.6. The van der Waals surface area contributed by atoms with E-state index in [1.807, 2.05) is 0 Å². The SMILES string of the molecule is CC(C)(c1ccccc1)c1c([N+](=O)[O-])c(NN)c([N+](=O)[O-])c(C(C)(C)c2ccccc2)c1[N+](=O)[O-]. The molecule has 182 valence electrons. The minimum Gasteiger partial charge on any atom is -0.313 e. The van der Waals surface area contributed by atoms with Gasteiger partial charge in [0.1, 0.15) is 11.1 Å². The first kappa shape index (κ1) is 25.2. The van der Waals surface area contributed by atoms with Crippen LogP contribution in [0.15, 0.2) is 60.7 Å². The van der Waals surface area contributed by atoms with Gasteiger partial charge in [-0.2, -0.15) is 0 Å². The largest absolute Gasteiger partial charge is 0.313 e. The van der Waals surface area contributed by atoms with Crippen LogP contribution < -0.4 is 11.3 Å². The lowest BCUT2D eigenvalue weighted by Crippen LogP contribution is -2.29. The zero-order valence-electron chi connectivity index (χ0n) is 19.6. The van der Waals surface area contributed by atoms with E-state index in [2.05, 4.69) is 5.43 Å². The second-order valence-corrected chi connectivity index (χ2v) is 9.07. The number of nitrogens with two attached hydrogens (primary N) is 1. The smallest absolute Gasteiger partial charge is 0.311 e. The quantitative estimate of drug-likeness (QED) is 0.248. The summed E-state index contributed by atoms with van der Waals surface area (Å²) in [7, 11) is 0. The molecule has 0 amide bonds. The highest BCUT2D eigenvalue weighted by molar-refractivity contribution is 5.87. The number of nitro benzene ring substituents is 3. The molecule has 3 aromatic carbocycles. The number of nitro groups is 3. The third-order valence-corrected chi connectivity index (χ3v) is 6.35. The highest BCUT2D eigenvalue weighted by Crippen LogP contribution is 2.56. The van der Waals surface area contributed by atoms with Crippen LogP contribution in [0.2, 0.25) is 0 Å². The molecule has 3 aromatic rings. The van der Waals surface area contributed by atoms with Crippen molar-refractivity contribution in [3.05, 3.63) is 113 Å². The number of anilines is 1. The number of rotatable bonds is 8. The lowest BCUT2D eigenvalue weighted by Gasteiger charge is -2.31. The van der Waals surface area contributed by atoms with Gasteiger partial charge in [0.25, 0.3) is 5.69 Å². The Balaban J connectivity index is 2.68. The summed E-state index contributed by atoms with van der Waals surface area (Å²) in [4.78, 5) is 34.8. The number of hydrazine groups is 1. The highest BCUT2D eigenvalue weighted by Gasteiger charge is 2.51. The van der Waals surface area contributed by atoms with E-state index in [9.17, 15) is 30.3 Å². The summed E-state index contributed by atoms with van der Waals surface area (Å²) in [6, 6.07) is 17.1. The Morgan fingerprint density at radius 3 is 1.20 bits per heavy atom. The monoisotopic (exact) mass is 479 g/mol. The van der Waals surface area contributed by atoms with Gasteiger partial charge in [-0.1, -0.05) is 88.4 Å². The Bertz CT molecular complexity index is 1220. The molecular weight excluding hydrogens is 454 g/mol. The minimum absolute atomic E-state index is 0.281. The fourth-order valence-corrected chi connectivity index (χ4v) is 4.58. The van der Waals surface area contributed by atoms with Crippen LogP contribution >= 0.6 is 0 Å². The van der Waals surface area contributed by atoms with Crippen LogP contribution in [0.3, 0.4) is 0 Å². The predicted molar refractivity (Wildman–Crippen MR) is 131 cm³/mol. The van der Waals surface area contributed by atoms with E-state index >= 15 is 0 Å². The lowest BCUT2D eigenvalue weighted by molar-refractivity contribution is -0.404. The maximum Gasteiger partial charge on any atom is 0.311 e. The first-order chi connectivity index (χ1) is 16.4. The molecule has 0 bridgehead atoms. The number of hydrogen-bond acceptors (Lipinski definition) is 8. The van der Waals surface area contributed by atoms with Crippen LogP contribution in [0, 0.1) is 30.3 Å². The van der Waals surface area contributed by atoms with E-state index in [4.69, 9.17) is 5.84 Å². The number of hydrogen-bond donors (Lipinski definition) is 2. The molecule has 3 N–H and O–H groups in total. The molecule has 0 aliphatic carbocycles. The molecule has 0 spiro atoms. The van der Waals surface area contributed by atoms with Gasteiger partial charge in [0.2, 0.25) is 5.69 Å². The summed E-state index contributed by atoms with van der Waals surface area (Å²) >= 11 is 0. The topological polar surface area (TPSA) is 167 Å². The van der Waals surface area contributed by atoms with Crippen LogP contribution in [-0.4, -0.2) is 14.8 Å². The maximum atomic E-state index is 12.7. The van der Waals surface area contributed by atoms with Crippen molar-refractivity contribution in [1.82, 2.24) is 0 Å². The first-order valence-corrected chi connectivity index (χ1v) is 10.6. The fourth-order valence-electron chi connectivity index (χ4n) is 4.58. The zero-order chi connectivity index (χ0) is 26.1. The molecular formula is C24H25N5O6. The van der Waals surface area contributed by atoms with Crippen LogP contribution in [0.4, 0.5) is 22.7 Å². The van der Waals surface area contributed by atoms with Gasteiger partial charge in [0, 0.05) is 10.8 Å². The molecule has 0 aliphatic heterocycles. The van der Waals surface area contributed by atoms with Crippen LogP contribution in [0.25, 0.3) is 0 Å². The van der Waals surface area contributed by atoms with E-state index in [0.717, 1.165) is 0 Å². The summed E-state index contributed by atoms with van der Waals surface area (Å²) in [6.07, 6.45) is 0. The third kappa shape index (κ3) is 4.17. The molecule has 11 heteroatoms. The number of benzene rings is 3. The van der Waals surface area contributed by atoms with Crippen molar-refractivity contribution in [3.8, 4) is 0 Å². The van der Waals surface area contributed by atoms with Crippen molar-refractivity contribution in [2.24, 2.45) is 5.84 Å². The summed E-state index contributed by atoms with van der Waals surface area (Å²) in [6.45, 7) is 6.40. The Morgan fingerprint density at radius 1 is 0.629 bits per heavy atom. The summed E-state index contributed by atoms with van der Waals surface area (Å²) < 4.78 is 0. The van der Waals surface area contributed by atoms with Gasteiger partial charge in [-0.3, -0.25) is 36.2 Å². The second kappa shape index (κ2) is 9.11. The van der Waals surface area contributed by atoms with E-state index in [-0.39, 0.29) is 11.1 Å². The molecule has 0 aromatic heterocycles. The molecule has 0 saturated carbocycles. The van der Waals surface area contributed by atoms with E-state index in [1.165, 1.54) is 0 Å². The summed E-state index contributed by atoms with van der Waals surface area (Å²) in [5.74, 6) is 5.63. The summed E-state index contributed by atoms with van der Waals surface area (Å²) in [5.41, 5.74) is -2.86. The molecule has 0 saturated heterocycles. The van der Waals surface area contributed by atoms with Gasteiger partial charge in [-0.25, -0.2) is 0 Å². The van der Waals surface area contributed by atoms with Crippen molar-refractivity contribution < 1.29 is 14.8 Å². The van der Waals surface area contributed by atoms with Crippen molar-refractivity contribution in [3.63, 3.8) is 0 Å². The standard InChI is InChI=1S/C24H25N5O6/c1-23(2,15-11-7-5-8-12-15)17-20(27(30)31)18(24(3,4)16-13-9-6-10-14-16)22(29(34)35)19(26-25)21(17)28(32)33/h5-14,26H,25H2,1-4H3. The predicted octanol–water partition coefficient (Wildman–Crippen LogP) is 5.35. The Morgan fingerprint density at radius 2 is 0.943 bits per heavy atom. The summed E-state index contributed by atoms with van der Waals surface area (Å²) in [5, 5.41) is 37.3. The van der Waals surface area contributed by atoms with E-state index < -0.39 is 48.3 Å². The molecule has 0 heterocycles. The van der Waals surface area contributed by atoms with E-state index in [1.54, 1.807) is 88.4 Å². The van der Waals surface area contributed by atoms with Gasteiger partial charge in [0.05, 0.1) is 14.8 Å². The van der Waals surface area contributed by atoms with Crippen molar-refractivity contribution in [2.75, 3.05) is 5.43 Å². The molecule has 35 heavy (non-hydrogen) atoms. The number of nitrogens with zero attached hydrogens (tertiary/aromatic N) is 3. The van der Waals surface area contributed by atoms with Crippen LogP contribution in [0.5, 0.6) is 0 Å². The van der Waals surface area contributed by atoms with Crippen molar-refractivity contribution in [2.45, 2.75) is 38.5 Å². The number of nitrogens with one attached hydrogen (secondary N) is 1. The van der Waals surface area contributed by atoms with Gasteiger partial charge < -0.3 is 5.43 Å². The van der Waals surface area contributed by atoms with E-state index in [0.29, 0.717) is 11.1 Å². The molecule has 0 aliphatic rings. The van der Waals surface area contributed by atoms with Crippen molar-refractivity contribution >= 4 is 22.7 Å². The molecule has 0 fully saturated rings. The molecule has 0 radical (unpaired) electrons. The average Bonchev–Trinajstić information content (AvgIpc) is 2.82.